The number of halogens is 1. The second kappa shape index (κ2) is 5.14. The molecular formula is C12H13FN2O3. The van der Waals surface area contributed by atoms with E-state index in [1.807, 2.05) is 5.48 Å². The molecule has 1 aliphatic heterocycles. The highest BCUT2D eigenvalue weighted by molar-refractivity contribution is 6.40. The van der Waals surface area contributed by atoms with Crippen molar-refractivity contribution in [2.45, 2.75) is 12.8 Å². The topological polar surface area (TPSA) is 58.6 Å². The molecule has 1 N–H and O–H groups in total. The Bertz CT molecular complexity index is 490. The Kier molecular flexibility index (Phi) is 3.57. The first-order valence-electron chi connectivity index (χ1n) is 5.56. The van der Waals surface area contributed by atoms with Crippen molar-refractivity contribution in [3.63, 3.8) is 0 Å². The maximum atomic E-state index is 13.2. The van der Waals surface area contributed by atoms with E-state index in [1.165, 1.54) is 24.1 Å². The normalized spacial score (nSPS) is 14.0. The molecule has 0 fully saturated rings. The van der Waals surface area contributed by atoms with Crippen molar-refractivity contribution >= 4 is 17.5 Å². The van der Waals surface area contributed by atoms with Crippen molar-refractivity contribution in [2.75, 3.05) is 18.6 Å². The average Bonchev–Trinajstić information content (AvgIpc) is 2.37. The number of carbonyl (C=O) groups is 2. The number of benzene rings is 1. The average molecular weight is 252 g/mol. The first kappa shape index (κ1) is 12.5. The highest BCUT2D eigenvalue weighted by Crippen LogP contribution is 2.27. The van der Waals surface area contributed by atoms with Crippen LogP contribution in [-0.2, 0) is 20.8 Å². The van der Waals surface area contributed by atoms with Crippen LogP contribution in [0, 0.1) is 5.82 Å². The smallest absolute Gasteiger partial charge is 0.304 e. The van der Waals surface area contributed by atoms with E-state index in [2.05, 4.69) is 4.84 Å². The van der Waals surface area contributed by atoms with Crippen LogP contribution in [0.5, 0.6) is 0 Å². The first-order valence-corrected chi connectivity index (χ1v) is 5.56. The number of hydrogen-bond acceptors (Lipinski definition) is 3. The van der Waals surface area contributed by atoms with Gasteiger partial charge in [0, 0.05) is 6.54 Å². The van der Waals surface area contributed by atoms with E-state index >= 15 is 0 Å². The largest absolute Gasteiger partial charge is 0.333 e. The van der Waals surface area contributed by atoms with Crippen molar-refractivity contribution in [1.29, 1.82) is 0 Å². The second-order valence-electron chi connectivity index (χ2n) is 3.97. The molecule has 0 bridgehead atoms. The van der Waals surface area contributed by atoms with Gasteiger partial charge in [-0.3, -0.25) is 14.4 Å². The van der Waals surface area contributed by atoms with E-state index in [0.717, 1.165) is 18.4 Å². The number of nitrogens with zero attached hydrogens (tertiary/aromatic N) is 1. The minimum atomic E-state index is -0.866. The molecule has 1 aromatic carbocycles. The summed E-state index contributed by atoms with van der Waals surface area (Å²) in [7, 11) is 1.25. The van der Waals surface area contributed by atoms with E-state index in [-0.39, 0.29) is 0 Å². The lowest BCUT2D eigenvalue weighted by molar-refractivity contribution is -0.144. The van der Waals surface area contributed by atoms with Crippen molar-refractivity contribution in [2.24, 2.45) is 0 Å². The van der Waals surface area contributed by atoms with E-state index in [0.29, 0.717) is 12.2 Å². The molecule has 0 saturated carbocycles. The van der Waals surface area contributed by atoms with Gasteiger partial charge >= 0.3 is 11.8 Å². The quantitative estimate of drug-likeness (QED) is 0.593. The Balaban J connectivity index is 2.29. The maximum Gasteiger partial charge on any atom is 0.333 e. The summed E-state index contributed by atoms with van der Waals surface area (Å²) in [4.78, 5) is 29.0. The van der Waals surface area contributed by atoms with E-state index < -0.39 is 17.6 Å². The van der Waals surface area contributed by atoms with Gasteiger partial charge in [0.15, 0.2) is 0 Å². The zero-order chi connectivity index (χ0) is 13.1. The number of hydrogen-bond donors (Lipinski definition) is 1. The van der Waals surface area contributed by atoms with Crippen molar-refractivity contribution in [1.82, 2.24) is 5.48 Å². The second-order valence-corrected chi connectivity index (χ2v) is 3.97. The van der Waals surface area contributed by atoms with Crippen LogP contribution < -0.4 is 10.4 Å². The summed E-state index contributed by atoms with van der Waals surface area (Å²) in [5.74, 6) is -2.04. The van der Waals surface area contributed by atoms with Crippen LogP contribution in [-0.4, -0.2) is 25.5 Å². The fourth-order valence-corrected chi connectivity index (χ4v) is 2.02. The van der Waals surface area contributed by atoms with Gasteiger partial charge in [-0.05, 0) is 30.5 Å². The van der Waals surface area contributed by atoms with Crippen LogP contribution in [0.2, 0.25) is 0 Å². The lowest BCUT2D eigenvalue weighted by Crippen LogP contribution is -2.45. The van der Waals surface area contributed by atoms with Crippen LogP contribution in [0.15, 0.2) is 18.2 Å². The number of fused-ring (bicyclic) bond motifs is 1. The molecular weight excluding hydrogens is 239 g/mol. The van der Waals surface area contributed by atoms with Gasteiger partial charge in [0.05, 0.1) is 12.8 Å². The van der Waals surface area contributed by atoms with Crippen molar-refractivity contribution < 1.29 is 18.8 Å². The lowest BCUT2D eigenvalue weighted by Gasteiger charge is -2.28. The molecule has 0 radical (unpaired) electrons. The molecule has 5 nitrogen and oxygen atoms in total. The van der Waals surface area contributed by atoms with E-state index in [1.54, 1.807) is 6.07 Å². The van der Waals surface area contributed by atoms with Gasteiger partial charge in [0.2, 0.25) is 0 Å². The van der Waals surface area contributed by atoms with Gasteiger partial charge in [-0.1, -0.05) is 6.07 Å². The monoisotopic (exact) mass is 252 g/mol. The standard InChI is InChI=1S/C12H13FN2O3/c1-18-14-11(16)12(17)15-6-2-3-8-4-5-9(13)7-10(8)15/h4-5,7H,2-3,6H2,1H3,(H,14,16). The minimum Gasteiger partial charge on any atom is -0.304 e. The molecule has 1 heterocycles. The number of nitrogens with one attached hydrogen (secondary N) is 1. The number of hydroxylamine groups is 1. The molecule has 1 aliphatic rings. The van der Waals surface area contributed by atoms with Crippen LogP contribution >= 0.6 is 0 Å². The number of rotatable bonds is 1. The zero-order valence-corrected chi connectivity index (χ0v) is 9.90. The van der Waals surface area contributed by atoms with Gasteiger partial charge in [-0.2, -0.15) is 0 Å². The molecule has 96 valence electrons. The number of carbonyl (C=O) groups excluding carboxylic acids is 2. The SMILES string of the molecule is CONC(=O)C(=O)N1CCCc2ccc(F)cc21. The third-order valence-corrected chi connectivity index (χ3v) is 2.80. The number of anilines is 1. The Morgan fingerprint density at radius 1 is 1.44 bits per heavy atom. The van der Waals surface area contributed by atoms with Gasteiger partial charge in [0.25, 0.3) is 0 Å². The van der Waals surface area contributed by atoms with Crippen LogP contribution in [0.4, 0.5) is 10.1 Å². The number of aryl methyl sites for hydroxylation is 1. The molecule has 2 rings (SSSR count). The van der Waals surface area contributed by atoms with Gasteiger partial charge < -0.3 is 4.90 Å². The summed E-state index contributed by atoms with van der Waals surface area (Å²) >= 11 is 0. The summed E-state index contributed by atoms with van der Waals surface area (Å²) in [6, 6.07) is 4.26. The molecule has 0 aliphatic carbocycles. The van der Waals surface area contributed by atoms with Gasteiger partial charge in [-0.15, -0.1) is 0 Å². The van der Waals surface area contributed by atoms with E-state index in [4.69, 9.17) is 0 Å². The summed E-state index contributed by atoms with van der Waals surface area (Å²) in [6.07, 6.45) is 1.51. The third-order valence-electron chi connectivity index (χ3n) is 2.80. The molecule has 1 aromatic rings. The summed E-state index contributed by atoms with van der Waals surface area (Å²) in [5.41, 5.74) is 3.28. The summed E-state index contributed by atoms with van der Waals surface area (Å²) in [5, 5.41) is 0. The van der Waals surface area contributed by atoms with Crippen molar-refractivity contribution in [3.05, 3.63) is 29.6 Å². The predicted octanol–water partition coefficient (Wildman–Crippen LogP) is 0.782. The molecule has 0 spiro atoms. The first-order chi connectivity index (χ1) is 8.63. The summed E-state index contributed by atoms with van der Waals surface area (Å²) in [6.45, 7) is 0.395. The van der Waals surface area contributed by atoms with Crippen LogP contribution in [0.3, 0.4) is 0 Å². The third kappa shape index (κ3) is 2.33. The molecule has 0 saturated heterocycles. The van der Waals surface area contributed by atoms with Gasteiger partial charge in [-0.25, -0.2) is 9.87 Å². The predicted molar refractivity (Wildman–Crippen MR) is 62.2 cm³/mol. The van der Waals surface area contributed by atoms with Gasteiger partial charge in [0.1, 0.15) is 5.82 Å². The van der Waals surface area contributed by atoms with Crippen LogP contribution in [0.25, 0.3) is 0 Å². The fourth-order valence-electron chi connectivity index (χ4n) is 2.02. The Morgan fingerprint density at radius 2 is 2.22 bits per heavy atom. The zero-order valence-electron chi connectivity index (χ0n) is 9.90. The molecule has 0 unspecified atom stereocenters. The lowest BCUT2D eigenvalue weighted by atomic mass is 10.0. The Hall–Kier alpha value is -1.95. The number of amides is 2. The maximum absolute atomic E-state index is 13.2. The Morgan fingerprint density at radius 3 is 2.94 bits per heavy atom. The fraction of sp³-hybridized carbons (Fsp3) is 0.333. The highest BCUT2D eigenvalue weighted by Gasteiger charge is 2.27. The molecule has 2 amide bonds. The van der Waals surface area contributed by atoms with Crippen LogP contribution in [0.1, 0.15) is 12.0 Å². The Labute approximate surface area is 103 Å². The van der Waals surface area contributed by atoms with Crippen molar-refractivity contribution in [3.8, 4) is 0 Å². The molecule has 0 atom stereocenters. The minimum absolute atomic E-state index is 0.395. The van der Waals surface area contributed by atoms with E-state index in [9.17, 15) is 14.0 Å². The molecule has 18 heavy (non-hydrogen) atoms. The summed E-state index contributed by atoms with van der Waals surface area (Å²) < 4.78 is 13.2. The highest BCUT2D eigenvalue weighted by atomic mass is 19.1. The molecule has 0 aromatic heterocycles. The molecule has 6 heteroatoms.